The zero-order valence-electron chi connectivity index (χ0n) is 16.3. The van der Waals surface area contributed by atoms with Gasteiger partial charge in [-0.2, -0.15) is 0 Å². The van der Waals surface area contributed by atoms with E-state index >= 15 is 0 Å². The van der Waals surface area contributed by atoms with Crippen molar-refractivity contribution in [1.82, 2.24) is 9.97 Å². The number of aryl methyl sites for hydroxylation is 1. The summed E-state index contributed by atoms with van der Waals surface area (Å²) in [5.74, 6) is 0.461. The highest BCUT2D eigenvalue weighted by atomic mass is 32.1. The minimum atomic E-state index is -0.144. The molecular formula is C20H20N4O3S2. The van der Waals surface area contributed by atoms with E-state index in [1.54, 1.807) is 18.3 Å². The average Bonchev–Trinajstić information content (AvgIpc) is 3.32. The van der Waals surface area contributed by atoms with Crippen LogP contribution in [-0.4, -0.2) is 41.2 Å². The van der Waals surface area contributed by atoms with Gasteiger partial charge in [0.25, 0.3) is 5.91 Å². The number of hydrogen-bond acceptors (Lipinski definition) is 8. The van der Waals surface area contributed by atoms with Crippen molar-refractivity contribution in [2.24, 2.45) is 0 Å². The molecule has 1 aromatic carbocycles. The number of fused-ring (bicyclic) bond motifs is 2. The third-order valence-electron chi connectivity index (χ3n) is 4.74. The largest absolute Gasteiger partial charge is 0.441 e. The summed E-state index contributed by atoms with van der Waals surface area (Å²) in [6.45, 7) is 7.64. The molecule has 1 N–H and O–H groups in total. The van der Waals surface area contributed by atoms with E-state index in [9.17, 15) is 4.79 Å². The van der Waals surface area contributed by atoms with Crippen molar-refractivity contribution in [1.29, 1.82) is 0 Å². The van der Waals surface area contributed by atoms with Crippen molar-refractivity contribution < 1.29 is 13.9 Å². The number of morpholine rings is 1. The predicted octanol–water partition coefficient (Wildman–Crippen LogP) is 4.67. The Balaban J connectivity index is 1.34. The van der Waals surface area contributed by atoms with Gasteiger partial charge in [-0.25, -0.2) is 9.97 Å². The van der Waals surface area contributed by atoms with Crippen LogP contribution in [0.15, 0.2) is 28.7 Å². The fourth-order valence-electron chi connectivity index (χ4n) is 3.62. The summed E-state index contributed by atoms with van der Waals surface area (Å²) in [7, 11) is 0. The van der Waals surface area contributed by atoms with Crippen LogP contribution in [0.3, 0.4) is 0 Å². The summed E-state index contributed by atoms with van der Waals surface area (Å²) >= 11 is 3.04. The summed E-state index contributed by atoms with van der Waals surface area (Å²) in [6.07, 6.45) is 0.376. The Morgan fingerprint density at radius 2 is 1.97 bits per heavy atom. The number of ether oxygens (including phenoxy) is 1. The number of amides is 1. The van der Waals surface area contributed by atoms with Crippen molar-refractivity contribution in [3.63, 3.8) is 0 Å². The van der Waals surface area contributed by atoms with E-state index in [0.29, 0.717) is 22.0 Å². The van der Waals surface area contributed by atoms with Gasteiger partial charge in [-0.05, 0) is 38.1 Å². The van der Waals surface area contributed by atoms with Crippen LogP contribution in [0.25, 0.3) is 20.6 Å². The molecule has 1 aliphatic rings. The van der Waals surface area contributed by atoms with Crippen molar-refractivity contribution in [2.75, 3.05) is 23.3 Å². The Morgan fingerprint density at radius 3 is 2.72 bits per heavy atom. The number of thiophene rings is 1. The van der Waals surface area contributed by atoms with Gasteiger partial charge in [-0.15, -0.1) is 11.3 Å². The summed E-state index contributed by atoms with van der Waals surface area (Å²) < 4.78 is 12.3. The fourth-order valence-corrected chi connectivity index (χ4v) is 5.74. The van der Waals surface area contributed by atoms with E-state index in [1.807, 2.05) is 24.3 Å². The molecule has 5 rings (SSSR count). The van der Waals surface area contributed by atoms with Crippen molar-refractivity contribution >= 4 is 60.0 Å². The summed E-state index contributed by atoms with van der Waals surface area (Å²) in [6, 6.07) is 7.37. The number of nitrogens with zero attached hydrogens (tertiary/aromatic N) is 3. The van der Waals surface area contributed by atoms with E-state index in [2.05, 4.69) is 29.0 Å². The number of rotatable bonds is 3. The highest BCUT2D eigenvalue weighted by Gasteiger charge is 2.25. The molecule has 4 heterocycles. The minimum absolute atomic E-state index is 0.144. The van der Waals surface area contributed by atoms with Crippen molar-refractivity contribution in [3.8, 4) is 0 Å². The second-order valence-electron chi connectivity index (χ2n) is 7.31. The standard InChI is InChI=1S/C20H20N4O3S2/c1-10-8-24(9-11(2)26-10)20-23-19-17(29-20)7-16(28-19)18(25)22-13-4-5-15-14(6-13)21-12(3)27-15/h4-7,10-11H,8-9H2,1-3H3,(H,22,25). The number of carbonyl (C=O) groups excluding carboxylic acids is 1. The van der Waals surface area contributed by atoms with Gasteiger partial charge in [0.15, 0.2) is 16.6 Å². The molecule has 2 atom stereocenters. The van der Waals surface area contributed by atoms with Crippen LogP contribution in [0.1, 0.15) is 29.4 Å². The molecule has 4 aromatic rings. The molecule has 2 unspecified atom stereocenters. The summed E-state index contributed by atoms with van der Waals surface area (Å²) in [5.41, 5.74) is 2.13. The third-order valence-corrected chi connectivity index (χ3v) is 6.96. The van der Waals surface area contributed by atoms with Gasteiger partial charge < -0.3 is 19.4 Å². The van der Waals surface area contributed by atoms with Crippen LogP contribution >= 0.6 is 22.7 Å². The van der Waals surface area contributed by atoms with Gasteiger partial charge in [0, 0.05) is 25.7 Å². The first-order chi connectivity index (χ1) is 13.9. The second-order valence-corrected chi connectivity index (χ2v) is 9.35. The molecule has 1 amide bonds. The molecule has 1 aliphatic heterocycles. The van der Waals surface area contributed by atoms with E-state index in [-0.39, 0.29) is 18.1 Å². The van der Waals surface area contributed by atoms with Crippen molar-refractivity contribution in [2.45, 2.75) is 33.0 Å². The molecule has 0 aliphatic carbocycles. The number of aromatic nitrogens is 2. The Labute approximate surface area is 175 Å². The van der Waals surface area contributed by atoms with Gasteiger partial charge in [0.05, 0.1) is 21.8 Å². The lowest BCUT2D eigenvalue weighted by molar-refractivity contribution is -0.00521. The lowest BCUT2D eigenvalue weighted by Gasteiger charge is -2.35. The normalized spacial score (nSPS) is 19.9. The SMILES string of the molecule is Cc1nc2cc(NC(=O)c3cc4sc(N5CC(C)OC(C)C5)nc4s3)ccc2o1. The minimum Gasteiger partial charge on any atom is -0.441 e. The molecule has 29 heavy (non-hydrogen) atoms. The molecule has 150 valence electrons. The topological polar surface area (TPSA) is 80.5 Å². The van der Waals surface area contributed by atoms with Crippen LogP contribution in [0.4, 0.5) is 10.8 Å². The van der Waals surface area contributed by atoms with Gasteiger partial charge in [-0.1, -0.05) is 11.3 Å². The number of anilines is 2. The van der Waals surface area contributed by atoms with E-state index < -0.39 is 0 Å². The molecule has 0 spiro atoms. The lowest BCUT2D eigenvalue weighted by atomic mass is 10.2. The Hall–Kier alpha value is -2.49. The van der Waals surface area contributed by atoms with E-state index in [1.165, 1.54) is 11.3 Å². The highest BCUT2D eigenvalue weighted by molar-refractivity contribution is 7.29. The molecule has 7 nitrogen and oxygen atoms in total. The maximum absolute atomic E-state index is 12.7. The highest BCUT2D eigenvalue weighted by Crippen LogP contribution is 2.36. The van der Waals surface area contributed by atoms with E-state index in [0.717, 1.165) is 33.3 Å². The van der Waals surface area contributed by atoms with Crippen LogP contribution in [0.2, 0.25) is 0 Å². The Kier molecular flexibility index (Phi) is 4.53. The molecule has 0 radical (unpaired) electrons. The van der Waals surface area contributed by atoms with Gasteiger partial charge in [0.2, 0.25) is 0 Å². The monoisotopic (exact) mass is 428 g/mol. The molecule has 9 heteroatoms. The van der Waals surface area contributed by atoms with Crippen LogP contribution < -0.4 is 10.2 Å². The van der Waals surface area contributed by atoms with Crippen LogP contribution in [-0.2, 0) is 4.74 Å². The van der Waals surface area contributed by atoms with Crippen LogP contribution in [0, 0.1) is 6.92 Å². The predicted molar refractivity (Wildman–Crippen MR) is 116 cm³/mol. The number of thiazole rings is 1. The van der Waals surface area contributed by atoms with Gasteiger partial charge in [-0.3, -0.25) is 4.79 Å². The first-order valence-electron chi connectivity index (χ1n) is 9.44. The zero-order valence-corrected chi connectivity index (χ0v) is 17.9. The molecular weight excluding hydrogens is 408 g/mol. The number of oxazole rings is 1. The summed E-state index contributed by atoms with van der Waals surface area (Å²) in [5, 5.41) is 3.93. The lowest BCUT2D eigenvalue weighted by Crippen LogP contribution is -2.45. The van der Waals surface area contributed by atoms with Crippen molar-refractivity contribution in [3.05, 3.63) is 35.0 Å². The maximum atomic E-state index is 12.7. The van der Waals surface area contributed by atoms with Gasteiger partial charge in [0.1, 0.15) is 10.3 Å². The maximum Gasteiger partial charge on any atom is 0.265 e. The Morgan fingerprint density at radius 1 is 1.17 bits per heavy atom. The van der Waals surface area contributed by atoms with Gasteiger partial charge >= 0.3 is 0 Å². The number of benzene rings is 1. The molecule has 0 bridgehead atoms. The number of nitrogens with one attached hydrogen (secondary N) is 1. The molecule has 3 aromatic heterocycles. The second kappa shape index (κ2) is 7.08. The zero-order chi connectivity index (χ0) is 20.1. The Bertz CT molecular complexity index is 1170. The third kappa shape index (κ3) is 3.61. The quantitative estimate of drug-likeness (QED) is 0.511. The smallest absolute Gasteiger partial charge is 0.265 e. The van der Waals surface area contributed by atoms with E-state index in [4.69, 9.17) is 14.1 Å². The number of carbonyl (C=O) groups is 1. The first kappa shape index (κ1) is 18.5. The average molecular weight is 429 g/mol. The van der Waals surface area contributed by atoms with Crippen LogP contribution in [0.5, 0.6) is 0 Å². The summed E-state index contributed by atoms with van der Waals surface area (Å²) in [4.78, 5) is 25.6. The number of hydrogen-bond donors (Lipinski definition) is 1. The molecule has 0 saturated carbocycles. The fraction of sp³-hybridized carbons (Fsp3) is 0.350. The molecule has 1 fully saturated rings. The first-order valence-corrected chi connectivity index (χ1v) is 11.1. The molecule has 1 saturated heterocycles.